The molecule has 2 aliphatic heterocycles. The summed E-state index contributed by atoms with van der Waals surface area (Å²) in [6, 6.07) is 3.18. The molecule has 5 nitrogen and oxygen atoms in total. The van der Waals surface area contributed by atoms with Gasteiger partial charge in [-0.3, -0.25) is 0 Å². The van der Waals surface area contributed by atoms with Crippen molar-refractivity contribution < 1.29 is 4.74 Å². The Morgan fingerprint density at radius 2 is 2.30 bits per heavy atom. The molecule has 1 aromatic rings. The summed E-state index contributed by atoms with van der Waals surface area (Å²) in [5.74, 6) is 1.71. The van der Waals surface area contributed by atoms with E-state index in [-0.39, 0.29) is 0 Å². The predicted octanol–water partition coefficient (Wildman–Crippen LogP) is 1.99. The van der Waals surface area contributed by atoms with Gasteiger partial charge in [-0.25, -0.2) is 9.97 Å². The van der Waals surface area contributed by atoms with Crippen molar-refractivity contribution in [1.82, 2.24) is 15.3 Å². The van der Waals surface area contributed by atoms with Crippen molar-refractivity contribution in [2.45, 2.75) is 51.1 Å². The zero-order valence-electron chi connectivity index (χ0n) is 12.2. The highest BCUT2D eigenvalue weighted by Crippen LogP contribution is 2.29. The van der Waals surface area contributed by atoms with Gasteiger partial charge in [-0.05, 0) is 38.6 Å². The number of nitrogens with one attached hydrogen (secondary N) is 1. The Morgan fingerprint density at radius 1 is 1.35 bits per heavy atom. The maximum atomic E-state index is 5.62. The van der Waals surface area contributed by atoms with Gasteiger partial charge in [0.25, 0.3) is 0 Å². The van der Waals surface area contributed by atoms with E-state index in [9.17, 15) is 0 Å². The van der Waals surface area contributed by atoms with Crippen molar-refractivity contribution in [3.8, 4) is 5.88 Å². The van der Waals surface area contributed by atoms with E-state index in [1.54, 1.807) is 6.33 Å². The minimum atomic E-state index is 0.575. The fourth-order valence-electron chi connectivity index (χ4n) is 3.31. The second kappa shape index (κ2) is 6.39. The molecule has 1 aromatic heterocycles. The van der Waals surface area contributed by atoms with E-state index in [4.69, 9.17) is 4.74 Å². The molecule has 2 atom stereocenters. The van der Waals surface area contributed by atoms with Gasteiger partial charge in [0.15, 0.2) is 0 Å². The highest BCUT2D eigenvalue weighted by molar-refractivity contribution is 5.43. The van der Waals surface area contributed by atoms with Crippen LogP contribution in [0.15, 0.2) is 12.4 Å². The monoisotopic (exact) mass is 276 g/mol. The van der Waals surface area contributed by atoms with Crippen LogP contribution in [-0.2, 0) is 0 Å². The minimum absolute atomic E-state index is 0.575. The van der Waals surface area contributed by atoms with Crippen LogP contribution >= 0.6 is 0 Å². The summed E-state index contributed by atoms with van der Waals surface area (Å²) < 4.78 is 5.62. The maximum Gasteiger partial charge on any atom is 0.218 e. The normalized spacial score (nSPS) is 26.1. The van der Waals surface area contributed by atoms with Gasteiger partial charge in [0.1, 0.15) is 12.1 Å². The molecule has 2 unspecified atom stereocenters. The topological polar surface area (TPSA) is 50.3 Å². The van der Waals surface area contributed by atoms with E-state index in [2.05, 4.69) is 27.1 Å². The number of aromatic nitrogens is 2. The van der Waals surface area contributed by atoms with Crippen LogP contribution in [-0.4, -0.2) is 41.7 Å². The Morgan fingerprint density at radius 3 is 3.10 bits per heavy atom. The van der Waals surface area contributed by atoms with E-state index < -0.39 is 0 Å². The third-order valence-corrected chi connectivity index (χ3v) is 4.24. The molecular formula is C15H24N4O. The smallest absolute Gasteiger partial charge is 0.218 e. The number of hydrogen-bond acceptors (Lipinski definition) is 5. The van der Waals surface area contributed by atoms with Gasteiger partial charge in [-0.2, -0.15) is 0 Å². The summed E-state index contributed by atoms with van der Waals surface area (Å²) in [6.45, 7) is 5.06. The van der Waals surface area contributed by atoms with E-state index in [0.717, 1.165) is 25.3 Å². The Kier molecular flexibility index (Phi) is 4.35. The molecule has 3 rings (SSSR count). The van der Waals surface area contributed by atoms with Gasteiger partial charge < -0.3 is 15.0 Å². The second-order valence-corrected chi connectivity index (χ2v) is 5.67. The van der Waals surface area contributed by atoms with Crippen LogP contribution in [0.4, 0.5) is 5.82 Å². The van der Waals surface area contributed by atoms with Gasteiger partial charge in [-0.1, -0.05) is 6.92 Å². The zero-order valence-corrected chi connectivity index (χ0v) is 12.2. The molecule has 3 heterocycles. The van der Waals surface area contributed by atoms with Crippen LogP contribution in [0.25, 0.3) is 0 Å². The molecule has 0 bridgehead atoms. The first-order valence-corrected chi connectivity index (χ1v) is 7.83. The number of rotatable bonds is 5. The first-order valence-electron chi connectivity index (χ1n) is 7.83. The highest BCUT2D eigenvalue weighted by atomic mass is 16.5. The van der Waals surface area contributed by atoms with Crippen molar-refractivity contribution in [1.29, 1.82) is 0 Å². The Hall–Kier alpha value is -1.36. The lowest BCUT2D eigenvalue weighted by Crippen LogP contribution is -2.44. The molecule has 0 radical (unpaired) electrons. The largest absolute Gasteiger partial charge is 0.478 e. The zero-order chi connectivity index (χ0) is 13.8. The Balaban J connectivity index is 1.73. The summed E-state index contributed by atoms with van der Waals surface area (Å²) in [4.78, 5) is 11.1. The summed E-state index contributed by atoms with van der Waals surface area (Å²) in [5, 5.41) is 3.63. The van der Waals surface area contributed by atoms with Crippen LogP contribution in [0.1, 0.15) is 39.0 Å². The number of anilines is 1. The predicted molar refractivity (Wildman–Crippen MR) is 79.2 cm³/mol. The van der Waals surface area contributed by atoms with E-state index in [1.165, 1.54) is 25.7 Å². The molecule has 2 aliphatic rings. The van der Waals surface area contributed by atoms with Gasteiger partial charge >= 0.3 is 0 Å². The molecule has 2 fully saturated rings. The van der Waals surface area contributed by atoms with Crippen LogP contribution in [0.5, 0.6) is 5.88 Å². The molecule has 5 heteroatoms. The summed E-state index contributed by atoms with van der Waals surface area (Å²) in [7, 11) is 0. The number of ether oxygens (including phenoxy) is 1. The fraction of sp³-hybridized carbons (Fsp3) is 0.733. The molecule has 2 saturated heterocycles. The molecule has 20 heavy (non-hydrogen) atoms. The van der Waals surface area contributed by atoms with Crippen molar-refractivity contribution in [3.05, 3.63) is 12.4 Å². The van der Waals surface area contributed by atoms with Crippen LogP contribution < -0.4 is 15.0 Å². The molecule has 0 aromatic carbocycles. The lowest BCUT2D eigenvalue weighted by Gasteiger charge is -2.30. The molecular weight excluding hydrogens is 252 g/mol. The molecule has 0 amide bonds. The first kappa shape index (κ1) is 13.6. The number of nitrogens with zero attached hydrogens (tertiary/aromatic N) is 3. The van der Waals surface area contributed by atoms with Crippen LogP contribution in [0.2, 0.25) is 0 Å². The minimum Gasteiger partial charge on any atom is -0.478 e. The summed E-state index contributed by atoms with van der Waals surface area (Å²) >= 11 is 0. The van der Waals surface area contributed by atoms with Crippen molar-refractivity contribution >= 4 is 5.82 Å². The third kappa shape index (κ3) is 2.87. The third-order valence-electron chi connectivity index (χ3n) is 4.24. The lowest BCUT2D eigenvalue weighted by atomic mass is 10.0. The van der Waals surface area contributed by atoms with Gasteiger partial charge in [-0.15, -0.1) is 0 Å². The molecule has 0 saturated carbocycles. The molecule has 0 aliphatic carbocycles. The second-order valence-electron chi connectivity index (χ2n) is 5.67. The fourth-order valence-corrected chi connectivity index (χ4v) is 3.31. The lowest BCUT2D eigenvalue weighted by molar-refractivity contribution is 0.304. The van der Waals surface area contributed by atoms with E-state index in [0.29, 0.717) is 24.6 Å². The maximum absolute atomic E-state index is 5.62. The Labute approximate surface area is 120 Å². The highest BCUT2D eigenvalue weighted by Gasteiger charge is 2.34. The van der Waals surface area contributed by atoms with Gasteiger partial charge in [0.05, 0.1) is 6.61 Å². The first-order chi connectivity index (χ1) is 9.88. The van der Waals surface area contributed by atoms with Gasteiger partial charge in [0.2, 0.25) is 5.88 Å². The van der Waals surface area contributed by atoms with Crippen molar-refractivity contribution in [2.24, 2.45) is 0 Å². The molecule has 0 spiro atoms. The SMILES string of the molecule is CCCOc1cc(N2CCCC2C2CCCN2)ncn1. The van der Waals surface area contributed by atoms with Gasteiger partial charge in [0, 0.05) is 24.7 Å². The average Bonchev–Trinajstić information content (AvgIpc) is 3.15. The Bertz CT molecular complexity index is 434. The standard InChI is InChI=1S/C15H24N4O/c1-2-9-20-15-10-14(17-11-18-15)19-8-4-6-13(19)12-5-3-7-16-12/h10-13,16H,2-9H2,1H3. The summed E-state index contributed by atoms with van der Waals surface area (Å²) in [6.07, 6.45) is 7.70. The van der Waals surface area contributed by atoms with Crippen molar-refractivity contribution in [3.63, 3.8) is 0 Å². The van der Waals surface area contributed by atoms with Crippen molar-refractivity contribution in [2.75, 3.05) is 24.6 Å². The van der Waals surface area contributed by atoms with E-state index >= 15 is 0 Å². The quantitative estimate of drug-likeness (QED) is 0.891. The van der Waals surface area contributed by atoms with Crippen LogP contribution in [0, 0.1) is 0 Å². The molecule has 110 valence electrons. The molecule has 1 N–H and O–H groups in total. The van der Waals surface area contributed by atoms with Crippen LogP contribution in [0.3, 0.4) is 0 Å². The van der Waals surface area contributed by atoms with E-state index in [1.807, 2.05) is 6.07 Å². The summed E-state index contributed by atoms with van der Waals surface area (Å²) in [5.41, 5.74) is 0. The number of hydrogen-bond donors (Lipinski definition) is 1. The average molecular weight is 276 g/mol.